The zero-order chi connectivity index (χ0) is 15.1. The number of aliphatic hydroxyl groups excluding tert-OH is 1. The Balaban J connectivity index is 2.03. The Labute approximate surface area is 126 Å². The molecule has 2 N–H and O–H groups in total. The Bertz CT molecular complexity index is 438. The van der Waals surface area contributed by atoms with Gasteiger partial charge in [-0.3, -0.25) is 0 Å². The van der Waals surface area contributed by atoms with Crippen LogP contribution in [0.5, 0.6) is 11.5 Å². The standard InChI is InChI=1S/C16H25NO4/c1-19-9-8-17-11-12-10-13(20-2)6-7-15(12)21-16-5-3-4-14(16)18/h6-7,10,14,16-18H,3-5,8-9,11H2,1-2H3. The van der Waals surface area contributed by atoms with Crippen LogP contribution < -0.4 is 14.8 Å². The normalized spacial score (nSPS) is 21.5. The van der Waals surface area contributed by atoms with Crippen LogP contribution in [0.1, 0.15) is 24.8 Å². The molecule has 2 unspecified atom stereocenters. The molecule has 118 valence electrons. The molecule has 2 rings (SSSR count). The van der Waals surface area contributed by atoms with Gasteiger partial charge in [-0.05, 0) is 37.5 Å². The number of rotatable bonds is 8. The number of nitrogens with one attached hydrogen (secondary N) is 1. The first kappa shape index (κ1) is 16.1. The summed E-state index contributed by atoms with van der Waals surface area (Å²) in [5.41, 5.74) is 1.03. The molecule has 1 aromatic rings. The highest BCUT2D eigenvalue weighted by Crippen LogP contribution is 2.29. The fourth-order valence-electron chi connectivity index (χ4n) is 2.54. The second-order valence-electron chi connectivity index (χ2n) is 5.30. The van der Waals surface area contributed by atoms with E-state index in [2.05, 4.69) is 5.32 Å². The largest absolute Gasteiger partial charge is 0.497 e. The van der Waals surface area contributed by atoms with Gasteiger partial charge in [-0.15, -0.1) is 0 Å². The Kier molecular flexibility index (Phi) is 6.29. The van der Waals surface area contributed by atoms with E-state index in [0.717, 1.165) is 42.9 Å². The second kappa shape index (κ2) is 8.22. The Morgan fingerprint density at radius 2 is 2.14 bits per heavy atom. The third-order valence-corrected chi connectivity index (χ3v) is 3.76. The van der Waals surface area contributed by atoms with Crippen LogP contribution in [-0.2, 0) is 11.3 Å². The Morgan fingerprint density at radius 3 is 2.81 bits per heavy atom. The summed E-state index contributed by atoms with van der Waals surface area (Å²) in [6.07, 6.45) is 2.28. The molecule has 1 aliphatic rings. The highest BCUT2D eigenvalue weighted by atomic mass is 16.5. The monoisotopic (exact) mass is 295 g/mol. The predicted octanol–water partition coefficient (Wildman–Crippen LogP) is 1.72. The van der Waals surface area contributed by atoms with Gasteiger partial charge in [0.15, 0.2) is 0 Å². The van der Waals surface area contributed by atoms with Gasteiger partial charge in [0.2, 0.25) is 0 Å². The summed E-state index contributed by atoms with van der Waals surface area (Å²) in [5.74, 6) is 1.62. The number of methoxy groups -OCH3 is 2. The summed E-state index contributed by atoms with van der Waals surface area (Å²) in [6, 6.07) is 5.77. The van der Waals surface area contributed by atoms with Gasteiger partial charge < -0.3 is 24.6 Å². The van der Waals surface area contributed by atoms with E-state index >= 15 is 0 Å². The molecule has 1 fully saturated rings. The first-order chi connectivity index (χ1) is 10.2. The minimum atomic E-state index is -0.360. The van der Waals surface area contributed by atoms with E-state index in [-0.39, 0.29) is 12.2 Å². The van der Waals surface area contributed by atoms with E-state index in [0.29, 0.717) is 13.2 Å². The fraction of sp³-hybridized carbons (Fsp3) is 0.625. The molecule has 0 amide bonds. The second-order valence-corrected chi connectivity index (χ2v) is 5.30. The first-order valence-electron chi connectivity index (χ1n) is 7.46. The first-order valence-corrected chi connectivity index (χ1v) is 7.46. The molecule has 5 nitrogen and oxygen atoms in total. The van der Waals surface area contributed by atoms with Crippen molar-refractivity contribution in [3.05, 3.63) is 23.8 Å². The zero-order valence-corrected chi connectivity index (χ0v) is 12.8. The number of benzene rings is 1. The lowest BCUT2D eigenvalue weighted by molar-refractivity contribution is 0.0596. The summed E-state index contributed by atoms with van der Waals surface area (Å²) < 4.78 is 16.3. The molecule has 1 saturated carbocycles. The molecular weight excluding hydrogens is 270 g/mol. The van der Waals surface area contributed by atoms with Crippen molar-refractivity contribution in [1.82, 2.24) is 5.32 Å². The lowest BCUT2D eigenvalue weighted by atomic mass is 10.1. The minimum Gasteiger partial charge on any atom is -0.497 e. The molecule has 0 aliphatic heterocycles. The smallest absolute Gasteiger partial charge is 0.124 e. The molecule has 0 radical (unpaired) electrons. The summed E-state index contributed by atoms with van der Waals surface area (Å²) >= 11 is 0. The van der Waals surface area contributed by atoms with Crippen LogP contribution in [0.3, 0.4) is 0 Å². The van der Waals surface area contributed by atoms with Gasteiger partial charge in [0.1, 0.15) is 17.6 Å². The van der Waals surface area contributed by atoms with E-state index in [9.17, 15) is 5.11 Å². The summed E-state index contributed by atoms with van der Waals surface area (Å²) in [5, 5.41) is 13.2. The van der Waals surface area contributed by atoms with Gasteiger partial charge in [-0.1, -0.05) is 0 Å². The molecule has 1 aromatic carbocycles. The molecule has 2 atom stereocenters. The number of hydrogen-bond acceptors (Lipinski definition) is 5. The maximum atomic E-state index is 9.91. The van der Waals surface area contributed by atoms with Crippen LogP contribution in [0.15, 0.2) is 18.2 Å². The molecule has 21 heavy (non-hydrogen) atoms. The highest BCUT2D eigenvalue weighted by molar-refractivity contribution is 5.40. The fourth-order valence-corrected chi connectivity index (χ4v) is 2.54. The molecule has 0 aromatic heterocycles. The van der Waals surface area contributed by atoms with Crippen molar-refractivity contribution in [3.8, 4) is 11.5 Å². The Hall–Kier alpha value is -1.30. The molecule has 1 aliphatic carbocycles. The SMILES string of the molecule is COCCNCc1cc(OC)ccc1OC1CCCC1O. The van der Waals surface area contributed by atoms with Gasteiger partial charge in [-0.2, -0.15) is 0 Å². The van der Waals surface area contributed by atoms with Crippen molar-refractivity contribution in [2.24, 2.45) is 0 Å². The summed E-state index contributed by atoms with van der Waals surface area (Å²) in [6.45, 7) is 2.12. The average molecular weight is 295 g/mol. The quantitative estimate of drug-likeness (QED) is 0.715. The van der Waals surface area contributed by atoms with Crippen molar-refractivity contribution in [2.75, 3.05) is 27.4 Å². The predicted molar refractivity (Wildman–Crippen MR) is 80.9 cm³/mol. The maximum Gasteiger partial charge on any atom is 0.124 e. The Morgan fingerprint density at radius 1 is 1.29 bits per heavy atom. The maximum absolute atomic E-state index is 9.91. The molecule has 0 saturated heterocycles. The lowest BCUT2D eigenvalue weighted by Crippen LogP contribution is -2.26. The molecule has 5 heteroatoms. The van der Waals surface area contributed by atoms with E-state index < -0.39 is 0 Å². The lowest BCUT2D eigenvalue weighted by Gasteiger charge is -2.20. The van der Waals surface area contributed by atoms with E-state index in [1.165, 1.54) is 0 Å². The van der Waals surface area contributed by atoms with Crippen molar-refractivity contribution >= 4 is 0 Å². The van der Waals surface area contributed by atoms with Crippen LogP contribution in [0.25, 0.3) is 0 Å². The van der Waals surface area contributed by atoms with Crippen LogP contribution >= 0.6 is 0 Å². The van der Waals surface area contributed by atoms with Crippen LogP contribution in [-0.4, -0.2) is 44.7 Å². The number of aliphatic hydroxyl groups is 1. The zero-order valence-electron chi connectivity index (χ0n) is 12.8. The van der Waals surface area contributed by atoms with Gasteiger partial charge in [0.05, 0.1) is 19.8 Å². The van der Waals surface area contributed by atoms with E-state index in [1.807, 2.05) is 18.2 Å². The van der Waals surface area contributed by atoms with E-state index in [4.69, 9.17) is 14.2 Å². The van der Waals surface area contributed by atoms with Gasteiger partial charge in [0.25, 0.3) is 0 Å². The van der Waals surface area contributed by atoms with Crippen molar-refractivity contribution in [1.29, 1.82) is 0 Å². The third-order valence-electron chi connectivity index (χ3n) is 3.76. The van der Waals surface area contributed by atoms with Crippen LogP contribution in [0.2, 0.25) is 0 Å². The number of ether oxygens (including phenoxy) is 3. The average Bonchev–Trinajstić information content (AvgIpc) is 2.90. The molecule has 0 bridgehead atoms. The molecule has 0 spiro atoms. The van der Waals surface area contributed by atoms with Gasteiger partial charge >= 0.3 is 0 Å². The van der Waals surface area contributed by atoms with E-state index in [1.54, 1.807) is 14.2 Å². The highest BCUT2D eigenvalue weighted by Gasteiger charge is 2.27. The molecule has 0 heterocycles. The van der Waals surface area contributed by atoms with Crippen molar-refractivity contribution < 1.29 is 19.3 Å². The molecular formula is C16H25NO4. The summed E-state index contributed by atoms with van der Waals surface area (Å²) in [4.78, 5) is 0. The van der Waals surface area contributed by atoms with Crippen LogP contribution in [0, 0.1) is 0 Å². The summed E-state index contributed by atoms with van der Waals surface area (Å²) in [7, 11) is 3.34. The van der Waals surface area contributed by atoms with Gasteiger partial charge in [0, 0.05) is 25.8 Å². The van der Waals surface area contributed by atoms with Gasteiger partial charge in [-0.25, -0.2) is 0 Å². The van der Waals surface area contributed by atoms with Crippen molar-refractivity contribution in [3.63, 3.8) is 0 Å². The number of hydrogen-bond donors (Lipinski definition) is 2. The van der Waals surface area contributed by atoms with Crippen molar-refractivity contribution in [2.45, 2.75) is 38.0 Å². The third kappa shape index (κ3) is 4.59. The topological polar surface area (TPSA) is 60.0 Å². The van der Waals surface area contributed by atoms with Crippen LogP contribution in [0.4, 0.5) is 0 Å². The minimum absolute atomic E-state index is 0.101.